The number of hydrogen-bond acceptors (Lipinski definition) is 6. The molecule has 3 rings (SSSR count). The molecular weight excluding hydrogens is 558 g/mol. The van der Waals surface area contributed by atoms with Crippen molar-refractivity contribution in [1.29, 1.82) is 0 Å². The van der Waals surface area contributed by atoms with Gasteiger partial charge in [-0.1, -0.05) is 41.9 Å². The van der Waals surface area contributed by atoms with E-state index in [2.05, 4.69) is 10.6 Å². The number of para-hydroxylation sites is 1. The van der Waals surface area contributed by atoms with E-state index in [-0.39, 0.29) is 24.5 Å². The van der Waals surface area contributed by atoms with Crippen molar-refractivity contribution in [1.82, 2.24) is 10.2 Å². The molecule has 0 aliphatic carbocycles. The van der Waals surface area contributed by atoms with Crippen LogP contribution in [0.5, 0.6) is 11.5 Å². The molecule has 0 bridgehead atoms. The Hall–Kier alpha value is -4.24. The summed E-state index contributed by atoms with van der Waals surface area (Å²) < 4.78 is 5.43. The van der Waals surface area contributed by atoms with Crippen LogP contribution in [0.4, 0.5) is 10.5 Å². The van der Waals surface area contributed by atoms with Crippen LogP contribution < -0.4 is 10.6 Å². The number of nitrogens with one attached hydrogen (secondary N) is 2. The summed E-state index contributed by atoms with van der Waals surface area (Å²) in [6, 6.07) is 14.0. The lowest BCUT2D eigenvalue weighted by Gasteiger charge is -2.34. The van der Waals surface area contributed by atoms with E-state index in [0.717, 1.165) is 5.56 Å². The Balaban J connectivity index is 2.06. The zero-order valence-electron chi connectivity index (χ0n) is 24.7. The van der Waals surface area contributed by atoms with Gasteiger partial charge in [0.2, 0.25) is 5.91 Å². The Bertz CT molecular complexity index is 1410. The number of nitrogens with zero attached hydrogens (tertiary/aromatic N) is 1. The molecule has 2 unspecified atom stereocenters. The molecule has 42 heavy (non-hydrogen) atoms. The zero-order chi connectivity index (χ0) is 31.2. The number of aromatic hydroxyl groups is 2. The molecule has 0 aromatic heterocycles. The minimum Gasteiger partial charge on any atom is -0.508 e. The highest BCUT2D eigenvalue weighted by Gasteiger charge is 2.36. The summed E-state index contributed by atoms with van der Waals surface area (Å²) in [6.07, 6.45) is -0.717. The lowest BCUT2D eigenvalue weighted by Crippen LogP contribution is -2.53. The Morgan fingerprint density at radius 3 is 2.21 bits per heavy atom. The van der Waals surface area contributed by atoms with Crippen molar-refractivity contribution in [3.05, 3.63) is 87.9 Å². The average Bonchev–Trinajstić information content (AvgIpc) is 2.90. The van der Waals surface area contributed by atoms with Gasteiger partial charge in [0.25, 0.3) is 5.91 Å². The fraction of sp³-hybridized carbons (Fsp3) is 0.344. The molecule has 0 aliphatic heterocycles. The van der Waals surface area contributed by atoms with E-state index < -0.39 is 35.6 Å². The molecule has 0 heterocycles. The van der Waals surface area contributed by atoms with Crippen molar-refractivity contribution < 1.29 is 29.3 Å². The van der Waals surface area contributed by atoms with Gasteiger partial charge >= 0.3 is 6.09 Å². The summed E-state index contributed by atoms with van der Waals surface area (Å²) >= 11 is 6.40. The van der Waals surface area contributed by atoms with Gasteiger partial charge in [-0.15, -0.1) is 0 Å². The number of anilines is 1. The van der Waals surface area contributed by atoms with Crippen molar-refractivity contribution in [3.63, 3.8) is 0 Å². The molecule has 0 spiro atoms. The van der Waals surface area contributed by atoms with Crippen molar-refractivity contribution in [2.75, 3.05) is 11.9 Å². The molecular formula is C32H38ClN3O6. The normalized spacial score (nSPS) is 12.6. The van der Waals surface area contributed by atoms with Crippen LogP contribution in [0.2, 0.25) is 5.02 Å². The van der Waals surface area contributed by atoms with Crippen LogP contribution in [0, 0.1) is 13.8 Å². The van der Waals surface area contributed by atoms with Gasteiger partial charge < -0.3 is 30.5 Å². The standard InChI is InChI=1S/C32H38ClN3O6/c1-7-36(30(40)25(34-31(41)42-32(4,5)6)18-21-11-14-23(37)15-12-21)28(22-13-16-26(38)20(3)17-22)29(39)35-27-19(2)9-8-10-24(27)33/h8-17,25,28,37-38H,7,18H2,1-6H3,(H,34,41)(H,35,39). The first-order valence-electron chi connectivity index (χ1n) is 13.6. The summed E-state index contributed by atoms with van der Waals surface area (Å²) in [4.78, 5) is 42.4. The van der Waals surface area contributed by atoms with Gasteiger partial charge in [0.15, 0.2) is 0 Å². The third-order valence-corrected chi connectivity index (χ3v) is 6.87. The van der Waals surface area contributed by atoms with E-state index in [1.54, 1.807) is 71.0 Å². The maximum Gasteiger partial charge on any atom is 0.408 e. The number of alkyl carbamates (subject to hydrolysis) is 1. The Morgan fingerprint density at radius 1 is 0.976 bits per heavy atom. The Kier molecular flexibility index (Phi) is 10.5. The quantitative estimate of drug-likeness (QED) is 0.239. The molecule has 3 aromatic carbocycles. The number of phenolic OH excluding ortho intramolecular Hbond substituents is 2. The number of benzene rings is 3. The number of carbonyl (C=O) groups excluding carboxylic acids is 3. The highest BCUT2D eigenvalue weighted by molar-refractivity contribution is 6.34. The van der Waals surface area contributed by atoms with Crippen molar-refractivity contribution in [2.24, 2.45) is 0 Å². The smallest absolute Gasteiger partial charge is 0.408 e. The number of amides is 3. The largest absolute Gasteiger partial charge is 0.508 e. The number of ether oxygens (including phenoxy) is 1. The number of aryl methyl sites for hydroxylation is 2. The fourth-order valence-electron chi connectivity index (χ4n) is 4.49. The highest BCUT2D eigenvalue weighted by Crippen LogP contribution is 2.31. The van der Waals surface area contributed by atoms with Crippen LogP contribution in [-0.4, -0.2) is 51.2 Å². The third kappa shape index (κ3) is 8.39. The highest BCUT2D eigenvalue weighted by atomic mass is 35.5. The third-order valence-electron chi connectivity index (χ3n) is 6.56. The Labute approximate surface area is 251 Å². The second-order valence-corrected chi connectivity index (χ2v) is 11.5. The molecule has 0 radical (unpaired) electrons. The van der Waals surface area contributed by atoms with Gasteiger partial charge in [-0.25, -0.2) is 4.79 Å². The van der Waals surface area contributed by atoms with E-state index >= 15 is 0 Å². The molecule has 3 amide bonds. The van der Waals surface area contributed by atoms with Crippen molar-refractivity contribution in [3.8, 4) is 11.5 Å². The molecule has 0 saturated carbocycles. The zero-order valence-corrected chi connectivity index (χ0v) is 25.5. The Morgan fingerprint density at radius 2 is 1.64 bits per heavy atom. The SMILES string of the molecule is CCN(C(=O)C(Cc1ccc(O)cc1)NC(=O)OC(C)(C)C)C(C(=O)Nc1c(C)cccc1Cl)c1ccc(O)c(C)c1. The summed E-state index contributed by atoms with van der Waals surface area (Å²) in [5.74, 6) is -0.942. The molecule has 4 N–H and O–H groups in total. The molecule has 10 heteroatoms. The summed E-state index contributed by atoms with van der Waals surface area (Å²) in [7, 11) is 0. The van der Waals surface area contributed by atoms with Crippen molar-refractivity contribution in [2.45, 2.75) is 65.6 Å². The first-order chi connectivity index (χ1) is 19.7. The first-order valence-corrected chi connectivity index (χ1v) is 14.0. The van der Waals surface area contributed by atoms with Crippen LogP contribution in [0.3, 0.4) is 0 Å². The second kappa shape index (κ2) is 13.6. The number of phenols is 2. The number of likely N-dealkylation sites (N-methyl/N-ethyl adjacent to an activating group) is 1. The summed E-state index contributed by atoms with van der Waals surface area (Å²) in [5, 5.41) is 25.8. The summed E-state index contributed by atoms with van der Waals surface area (Å²) in [6.45, 7) is 10.5. The number of rotatable bonds is 9. The van der Waals surface area contributed by atoms with Gasteiger partial charge in [-0.05, 0) is 94.1 Å². The number of halogens is 1. The van der Waals surface area contributed by atoms with Crippen LogP contribution in [0.25, 0.3) is 0 Å². The monoisotopic (exact) mass is 595 g/mol. The van der Waals surface area contributed by atoms with Crippen LogP contribution >= 0.6 is 11.6 Å². The van der Waals surface area contributed by atoms with Crippen LogP contribution in [0.15, 0.2) is 60.7 Å². The van der Waals surface area contributed by atoms with Gasteiger partial charge in [0.05, 0.1) is 10.7 Å². The van der Waals surface area contributed by atoms with E-state index in [4.69, 9.17) is 16.3 Å². The van der Waals surface area contributed by atoms with Gasteiger partial charge in [0, 0.05) is 13.0 Å². The molecule has 2 atom stereocenters. The lowest BCUT2D eigenvalue weighted by molar-refractivity contribution is -0.140. The second-order valence-electron chi connectivity index (χ2n) is 11.1. The minimum atomic E-state index is -1.14. The maximum absolute atomic E-state index is 14.3. The molecule has 9 nitrogen and oxygen atoms in total. The van der Waals surface area contributed by atoms with E-state index in [0.29, 0.717) is 27.4 Å². The molecule has 0 fully saturated rings. The number of carbonyl (C=O) groups is 3. The van der Waals surface area contributed by atoms with Crippen LogP contribution in [-0.2, 0) is 20.7 Å². The molecule has 224 valence electrons. The van der Waals surface area contributed by atoms with E-state index in [1.807, 2.05) is 13.0 Å². The lowest BCUT2D eigenvalue weighted by atomic mass is 9.98. The fourth-order valence-corrected chi connectivity index (χ4v) is 4.76. The first kappa shape index (κ1) is 32.3. The topological polar surface area (TPSA) is 128 Å². The maximum atomic E-state index is 14.3. The molecule has 0 aliphatic rings. The van der Waals surface area contributed by atoms with E-state index in [9.17, 15) is 24.6 Å². The summed E-state index contributed by atoms with van der Waals surface area (Å²) in [5.41, 5.74) is 2.01. The van der Waals surface area contributed by atoms with Gasteiger partial charge in [-0.3, -0.25) is 9.59 Å². The molecule has 3 aromatic rings. The van der Waals surface area contributed by atoms with Crippen LogP contribution in [0.1, 0.15) is 56.0 Å². The van der Waals surface area contributed by atoms with Gasteiger partial charge in [0.1, 0.15) is 29.2 Å². The predicted molar refractivity (Wildman–Crippen MR) is 163 cm³/mol. The predicted octanol–water partition coefficient (Wildman–Crippen LogP) is 6.03. The van der Waals surface area contributed by atoms with Gasteiger partial charge in [-0.2, -0.15) is 0 Å². The average molecular weight is 596 g/mol. The molecule has 0 saturated heterocycles. The van der Waals surface area contributed by atoms with E-state index in [1.165, 1.54) is 23.1 Å². The minimum absolute atomic E-state index is 0.0473. The van der Waals surface area contributed by atoms with Crippen molar-refractivity contribution >= 4 is 35.2 Å². The number of hydrogen-bond donors (Lipinski definition) is 4.